The summed E-state index contributed by atoms with van der Waals surface area (Å²) in [5.74, 6) is 0. The molecule has 1 aliphatic heterocycles. The van der Waals surface area contributed by atoms with Gasteiger partial charge >= 0.3 is 10.6 Å². The summed E-state index contributed by atoms with van der Waals surface area (Å²) in [5.41, 5.74) is 5.17. The van der Waals surface area contributed by atoms with Crippen LogP contribution in [0.1, 0.15) is 0 Å². The maximum absolute atomic E-state index is 9.99. The average Bonchev–Trinajstić information content (AvgIpc) is 2.32. The highest BCUT2D eigenvalue weighted by atomic mass is 32.3. The minimum Gasteiger partial charge on any atom is -0.292 e. The van der Waals surface area contributed by atoms with E-state index < -0.39 is 10.6 Å². The minimum absolute atomic E-state index is 1.66. The number of halogens is 2. The Morgan fingerprint density at radius 2 is 1.35 bits per heavy atom. The van der Waals surface area contributed by atoms with Crippen molar-refractivity contribution >= 4 is 16.8 Å². The van der Waals surface area contributed by atoms with Crippen LogP contribution in [0, 0.1) is 0 Å². The second-order valence-electron chi connectivity index (χ2n) is 2.43. The number of nitrogens with one attached hydrogen (secondary N) is 2. The van der Waals surface area contributed by atoms with Crippen LogP contribution in [0.2, 0.25) is 0 Å². The molecule has 1 aromatic carbocycles. The monoisotopic (exact) mass is 263 g/mol. The highest BCUT2D eigenvalue weighted by Crippen LogP contribution is 1.85. The third-order valence-corrected chi connectivity index (χ3v) is 1.14. The largest absolute Gasteiger partial charge is 0.476 e. The number of hydrogen-bond donors (Lipinski definition) is 2. The molecule has 8 heteroatoms. The van der Waals surface area contributed by atoms with Crippen LogP contribution in [-0.2, 0) is 10.6 Å². The number of hydrogen-bond acceptors (Lipinski definition) is 5. The van der Waals surface area contributed by atoms with Gasteiger partial charge in [-0.25, -0.2) is 5.53 Å². The van der Waals surface area contributed by atoms with Crippen molar-refractivity contribution in [3.63, 3.8) is 0 Å². The van der Waals surface area contributed by atoms with Crippen LogP contribution in [0.15, 0.2) is 53.8 Å². The molecule has 0 fully saturated rings. The second kappa shape index (κ2) is 9.28. The van der Waals surface area contributed by atoms with Gasteiger partial charge in [0.05, 0.1) is 6.21 Å². The molecule has 0 aromatic heterocycles. The molecule has 0 amide bonds. The van der Waals surface area contributed by atoms with Gasteiger partial charge in [-0.2, -0.15) is 13.5 Å². The Bertz CT molecular complexity index is 388. The molecule has 0 saturated heterocycles. The van der Waals surface area contributed by atoms with E-state index in [1.54, 1.807) is 18.5 Å². The molecule has 0 saturated carbocycles. The first-order valence-electron chi connectivity index (χ1n) is 4.33. The van der Waals surface area contributed by atoms with E-state index in [1.165, 1.54) is 0 Å². The normalized spacial score (nSPS) is 11.9. The zero-order chi connectivity index (χ0) is 13.0. The smallest absolute Gasteiger partial charge is 0.292 e. The fourth-order valence-electron chi connectivity index (χ4n) is 0.631. The third-order valence-electron chi connectivity index (χ3n) is 1.14. The summed E-state index contributed by atoms with van der Waals surface area (Å²) >= 11 is 0. The van der Waals surface area contributed by atoms with Crippen molar-refractivity contribution in [3.05, 3.63) is 48.7 Å². The Labute approximate surface area is 98.3 Å². The van der Waals surface area contributed by atoms with Crippen LogP contribution >= 0.6 is 0 Å². The van der Waals surface area contributed by atoms with Crippen LogP contribution in [0.3, 0.4) is 0 Å². The molecule has 0 atom stereocenters. The van der Waals surface area contributed by atoms with E-state index in [0.29, 0.717) is 0 Å². The van der Waals surface area contributed by atoms with Crippen molar-refractivity contribution in [2.75, 3.05) is 0 Å². The highest BCUT2D eigenvalue weighted by Gasteiger charge is 1.94. The lowest BCUT2D eigenvalue weighted by Gasteiger charge is -1.97. The van der Waals surface area contributed by atoms with Crippen LogP contribution < -0.4 is 11.0 Å². The van der Waals surface area contributed by atoms with E-state index >= 15 is 0 Å². The van der Waals surface area contributed by atoms with Crippen molar-refractivity contribution < 1.29 is 16.2 Å². The first-order chi connectivity index (χ1) is 8.00. The zero-order valence-corrected chi connectivity index (χ0v) is 9.44. The van der Waals surface area contributed by atoms with E-state index in [9.17, 15) is 7.77 Å². The molecular formula is C9H11F2N3O2S. The van der Waals surface area contributed by atoms with Crippen LogP contribution in [0.4, 0.5) is 7.77 Å². The fraction of sp³-hybridized carbons (Fsp3) is 0. The first kappa shape index (κ1) is 15.0. The van der Waals surface area contributed by atoms with Crippen LogP contribution in [-0.4, -0.2) is 14.6 Å². The van der Waals surface area contributed by atoms with Crippen molar-refractivity contribution in [1.82, 2.24) is 11.0 Å². The second-order valence-corrected chi connectivity index (χ2v) is 3.18. The molecule has 2 rings (SSSR count). The molecule has 1 aromatic rings. The van der Waals surface area contributed by atoms with Crippen molar-refractivity contribution in [2.45, 2.75) is 0 Å². The fourth-order valence-corrected chi connectivity index (χ4v) is 0.631. The summed E-state index contributed by atoms with van der Waals surface area (Å²) in [5, 5.41) is 3.60. The molecule has 5 nitrogen and oxygen atoms in total. The van der Waals surface area contributed by atoms with Gasteiger partial charge in [-0.05, 0) is 6.08 Å². The molecule has 2 N–H and O–H groups in total. The van der Waals surface area contributed by atoms with E-state index in [1.807, 2.05) is 36.4 Å². The van der Waals surface area contributed by atoms with Crippen molar-refractivity contribution in [1.29, 1.82) is 0 Å². The number of nitrogens with zero attached hydrogens (tertiary/aromatic N) is 1. The summed E-state index contributed by atoms with van der Waals surface area (Å²) in [7, 11) is -5.67. The molecule has 1 aliphatic rings. The van der Waals surface area contributed by atoms with E-state index in [2.05, 4.69) is 16.1 Å². The summed E-state index contributed by atoms with van der Waals surface area (Å²) in [6.07, 6.45) is 5.22. The SMILES string of the molecule is C1=CNNN=C1.O=S(=O)(F)F.c1ccccc1. The zero-order valence-electron chi connectivity index (χ0n) is 8.62. The summed E-state index contributed by atoms with van der Waals surface area (Å²) in [6.45, 7) is 0. The van der Waals surface area contributed by atoms with E-state index in [4.69, 9.17) is 8.42 Å². The molecule has 0 radical (unpaired) electrons. The van der Waals surface area contributed by atoms with Crippen LogP contribution in [0.25, 0.3) is 0 Å². The Morgan fingerprint density at radius 1 is 0.941 bits per heavy atom. The minimum atomic E-state index is -5.67. The number of allylic oxidation sites excluding steroid dienone is 1. The van der Waals surface area contributed by atoms with E-state index in [-0.39, 0.29) is 0 Å². The predicted octanol–water partition coefficient (Wildman–Crippen LogP) is 1.45. The molecule has 94 valence electrons. The Balaban J connectivity index is 0.000000228. The number of rotatable bonds is 0. The summed E-state index contributed by atoms with van der Waals surface area (Å²) in [6, 6.07) is 12.0. The van der Waals surface area contributed by atoms with Gasteiger partial charge in [0.2, 0.25) is 0 Å². The van der Waals surface area contributed by atoms with Gasteiger partial charge in [0.1, 0.15) is 0 Å². The molecule has 0 aliphatic carbocycles. The molecule has 0 unspecified atom stereocenters. The maximum Gasteiger partial charge on any atom is 0.476 e. The molecule has 0 spiro atoms. The van der Waals surface area contributed by atoms with Gasteiger partial charge in [-0.15, -0.1) is 0 Å². The Morgan fingerprint density at radius 3 is 1.47 bits per heavy atom. The lowest BCUT2D eigenvalue weighted by Crippen LogP contribution is -2.22. The maximum atomic E-state index is 9.99. The van der Waals surface area contributed by atoms with Crippen molar-refractivity contribution in [2.24, 2.45) is 5.10 Å². The van der Waals surface area contributed by atoms with Crippen molar-refractivity contribution in [3.8, 4) is 0 Å². The molecule has 0 bridgehead atoms. The van der Waals surface area contributed by atoms with Gasteiger partial charge in [0.15, 0.2) is 0 Å². The lowest BCUT2D eigenvalue weighted by molar-refractivity contribution is 0.501. The standard InChI is InChI=1S/C6H6.C3H5N3.F2O2S/c2*1-2-4-6-5-3-1;1-5(2,3)4/h1-6H;1-4,6H;. The van der Waals surface area contributed by atoms with E-state index in [0.717, 1.165) is 0 Å². The Kier molecular flexibility index (Phi) is 8.21. The topological polar surface area (TPSA) is 70.6 Å². The quantitative estimate of drug-likeness (QED) is 0.695. The highest BCUT2D eigenvalue weighted by molar-refractivity contribution is 7.81. The number of hydrazone groups is 1. The van der Waals surface area contributed by atoms with Gasteiger partial charge in [-0.1, -0.05) is 44.2 Å². The third kappa shape index (κ3) is 20.2. The lowest BCUT2D eigenvalue weighted by atomic mass is 10.4. The molecule has 1 heterocycles. The summed E-state index contributed by atoms with van der Waals surface area (Å²) < 4.78 is 36.6. The number of hydrazine groups is 1. The van der Waals surface area contributed by atoms with Crippen LogP contribution in [0.5, 0.6) is 0 Å². The van der Waals surface area contributed by atoms with Gasteiger partial charge in [0.25, 0.3) is 0 Å². The molecular weight excluding hydrogens is 252 g/mol. The summed E-state index contributed by atoms with van der Waals surface area (Å²) in [4.78, 5) is 0. The average molecular weight is 263 g/mol. The molecule has 17 heavy (non-hydrogen) atoms. The van der Waals surface area contributed by atoms with Gasteiger partial charge in [0, 0.05) is 6.20 Å². The number of benzene rings is 1. The predicted molar refractivity (Wildman–Crippen MR) is 61.5 cm³/mol. The first-order valence-corrected chi connectivity index (χ1v) is 5.61. The van der Waals surface area contributed by atoms with Gasteiger partial charge in [-0.3, -0.25) is 5.43 Å². The Hall–Kier alpha value is -1.96. The van der Waals surface area contributed by atoms with Gasteiger partial charge < -0.3 is 0 Å².